The van der Waals surface area contributed by atoms with Gasteiger partial charge in [0.2, 0.25) is 11.8 Å². The molecule has 0 aliphatic rings. The zero-order chi connectivity index (χ0) is 34.7. The summed E-state index contributed by atoms with van der Waals surface area (Å²) in [6.45, 7) is 1.03. The number of carboxylic acids is 2. The number of carboxylic acid groups (broad SMARTS) is 2. The molecular formula is C33H39F3N4O7. The van der Waals surface area contributed by atoms with Gasteiger partial charge in [-0.2, -0.15) is 13.2 Å². The summed E-state index contributed by atoms with van der Waals surface area (Å²) in [6.07, 6.45) is -0.653. The van der Waals surface area contributed by atoms with Gasteiger partial charge in [0.05, 0.1) is 12.5 Å². The number of hydrogen-bond donors (Lipinski definition) is 5. The topological polar surface area (TPSA) is 167 Å². The molecule has 0 spiro atoms. The maximum Gasteiger partial charge on any atom is 0.490 e. The monoisotopic (exact) mass is 660 g/mol. The van der Waals surface area contributed by atoms with E-state index in [0.717, 1.165) is 36.3 Å². The molecule has 0 fully saturated rings. The molecule has 0 saturated carbocycles. The Kier molecular flexibility index (Phi) is 16.4. The number of aliphatic carboxylic acids is 2. The van der Waals surface area contributed by atoms with Crippen LogP contribution in [0, 0.1) is 0 Å². The van der Waals surface area contributed by atoms with Gasteiger partial charge >= 0.3 is 18.1 Å². The van der Waals surface area contributed by atoms with Crippen molar-refractivity contribution in [3.63, 3.8) is 0 Å². The average Bonchev–Trinajstić information content (AvgIpc) is 3.05. The van der Waals surface area contributed by atoms with Gasteiger partial charge in [0.1, 0.15) is 11.9 Å². The van der Waals surface area contributed by atoms with Gasteiger partial charge in [0.15, 0.2) is 0 Å². The lowest BCUT2D eigenvalue weighted by molar-refractivity contribution is -0.192. The number of hydrogen-bond acceptors (Lipinski definition) is 7. The number of methoxy groups -OCH3 is 1. The summed E-state index contributed by atoms with van der Waals surface area (Å²) in [6, 6.07) is 21.4. The molecule has 3 rings (SSSR count). The first kappa shape index (κ1) is 38.2. The number of nitrogens with zero attached hydrogens (tertiary/aromatic N) is 1. The number of rotatable bonds is 17. The van der Waals surface area contributed by atoms with E-state index in [1.165, 1.54) is 7.11 Å². The first-order valence-electron chi connectivity index (χ1n) is 14.8. The van der Waals surface area contributed by atoms with Crippen molar-refractivity contribution in [2.75, 3.05) is 25.6 Å². The van der Waals surface area contributed by atoms with Gasteiger partial charge < -0.3 is 30.9 Å². The predicted octanol–water partition coefficient (Wildman–Crippen LogP) is 5.21. The van der Waals surface area contributed by atoms with Crippen molar-refractivity contribution in [1.82, 2.24) is 15.6 Å². The van der Waals surface area contributed by atoms with Crippen molar-refractivity contribution in [3.05, 3.63) is 84.6 Å². The second-order valence-electron chi connectivity index (χ2n) is 10.3. The minimum Gasteiger partial charge on any atom is -0.481 e. The molecule has 1 unspecified atom stereocenters. The second kappa shape index (κ2) is 20.2. The normalized spacial score (nSPS) is 12.1. The number of pyridine rings is 1. The molecule has 2 amide bonds. The van der Waals surface area contributed by atoms with Gasteiger partial charge in [-0.05, 0) is 48.1 Å². The molecular weight excluding hydrogens is 621 g/mol. The van der Waals surface area contributed by atoms with Gasteiger partial charge in [0.25, 0.3) is 0 Å². The lowest BCUT2D eigenvalue weighted by Gasteiger charge is -2.23. The quantitative estimate of drug-likeness (QED) is 0.122. The lowest BCUT2D eigenvalue weighted by Crippen LogP contribution is -2.48. The third-order valence-electron chi connectivity index (χ3n) is 6.67. The number of halogens is 3. The number of amides is 2. The van der Waals surface area contributed by atoms with E-state index >= 15 is 0 Å². The van der Waals surface area contributed by atoms with Gasteiger partial charge in [-0.15, -0.1) is 0 Å². The third kappa shape index (κ3) is 15.2. The first-order chi connectivity index (χ1) is 22.4. The van der Waals surface area contributed by atoms with Crippen molar-refractivity contribution in [1.29, 1.82) is 0 Å². The van der Waals surface area contributed by atoms with E-state index in [4.69, 9.17) is 14.6 Å². The largest absolute Gasteiger partial charge is 0.490 e. The van der Waals surface area contributed by atoms with Crippen LogP contribution in [0.25, 0.3) is 11.1 Å². The summed E-state index contributed by atoms with van der Waals surface area (Å²) in [5, 5.41) is 25.5. The predicted molar refractivity (Wildman–Crippen MR) is 168 cm³/mol. The summed E-state index contributed by atoms with van der Waals surface area (Å²) < 4.78 is 36.9. The second-order valence-corrected chi connectivity index (χ2v) is 10.3. The Morgan fingerprint density at radius 3 is 2.06 bits per heavy atom. The van der Waals surface area contributed by atoms with Crippen LogP contribution in [0.2, 0.25) is 0 Å². The molecule has 2 aromatic carbocycles. The van der Waals surface area contributed by atoms with Crippen LogP contribution in [-0.2, 0) is 23.9 Å². The van der Waals surface area contributed by atoms with E-state index in [2.05, 4.69) is 20.9 Å². The minimum absolute atomic E-state index is 0.226. The number of nitrogens with one attached hydrogen (secondary N) is 3. The third-order valence-corrected chi connectivity index (χ3v) is 6.67. The van der Waals surface area contributed by atoms with Crippen molar-refractivity contribution < 1.29 is 47.3 Å². The van der Waals surface area contributed by atoms with Gasteiger partial charge in [0, 0.05) is 32.9 Å². The molecule has 1 heterocycles. The molecule has 14 heteroatoms. The van der Waals surface area contributed by atoms with Crippen LogP contribution in [0.3, 0.4) is 0 Å². The van der Waals surface area contributed by atoms with Crippen LogP contribution < -0.4 is 16.0 Å². The highest BCUT2D eigenvalue weighted by atomic mass is 19.4. The lowest BCUT2D eigenvalue weighted by atomic mass is 9.98. The number of alkyl halides is 3. The highest BCUT2D eigenvalue weighted by molar-refractivity contribution is 5.88. The summed E-state index contributed by atoms with van der Waals surface area (Å²) >= 11 is 0. The number of benzene rings is 2. The summed E-state index contributed by atoms with van der Waals surface area (Å²) in [7, 11) is 1.53. The Labute approximate surface area is 270 Å². The summed E-state index contributed by atoms with van der Waals surface area (Å²) in [5.74, 6) is -3.64. The Hall–Kier alpha value is -4.98. The first-order valence-corrected chi connectivity index (χ1v) is 14.8. The molecule has 1 aromatic heterocycles. The van der Waals surface area contributed by atoms with E-state index in [9.17, 15) is 32.7 Å². The highest BCUT2D eigenvalue weighted by Crippen LogP contribution is 2.24. The molecule has 0 radical (unpaired) electrons. The SMILES string of the molecule is COCC[C@H](NC(=O)CCCCCNc1ccccn1)C(=O)NC(CC(=O)O)c1ccc(-c2ccccc2)cc1.O=C(O)C(F)(F)F. The number of ether oxygens (including phenoxy) is 1. The maximum absolute atomic E-state index is 13.2. The Morgan fingerprint density at radius 1 is 0.851 bits per heavy atom. The van der Waals surface area contributed by atoms with Crippen molar-refractivity contribution in [2.24, 2.45) is 0 Å². The van der Waals surface area contributed by atoms with Crippen LogP contribution in [0.1, 0.15) is 50.1 Å². The highest BCUT2D eigenvalue weighted by Gasteiger charge is 2.38. The molecule has 0 aliphatic carbocycles. The molecule has 5 N–H and O–H groups in total. The van der Waals surface area contributed by atoms with Crippen molar-refractivity contribution in [3.8, 4) is 11.1 Å². The molecule has 0 aliphatic heterocycles. The van der Waals surface area contributed by atoms with E-state index in [1.54, 1.807) is 6.20 Å². The smallest absolute Gasteiger partial charge is 0.481 e. The van der Waals surface area contributed by atoms with Gasteiger partial charge in [-0.3, -0.25) is 14.4 Å². The summed E-state index contributed by atoms with van der Waals surface area (Å²) in [4.78, 5) is 50.5. The average molecular weight is 661 g/mol. The number of anilines is 1. The van der Waals surface area contributed by atoms with Crippen LogP contribution in [0.4, 0.5) is 19.0 Å². The molecule has 11 nitrogen and oxygen atoms in total. The minimum atomic E-state index is -5.08. The van der Waals surface area contributed by atoms with E-state index in [-0.39, 0.29) is 25.4 Å². The van der Waals surface area contributed by atoms with E-state index in [0.29, 0.717) is 18.4 Å². The number of unbranched alkanes of at least 4 members (excludes halogenated alkanes) is 2. The van der Waals surface area contributed by atoms with E-state index in [1.807, 2.05) is 72.8 Å². The molecule has 254 valence electrons. The maximum atomic E-state index is 13.2. The fourth-order valence-electron chi connectivity index (χ4n) is 4.28. The van der Waals surface area contributed by atoms with Crippen LogP contribution >= 0.6 is 0 Å². The fraction of sp³-hybridized carbons (Fsp3) is 0.364. The molecule has 3 aromatic rings. The molecule has 0 saturated heterocycles. The number of aromatic nitrogens is 1. The standard InChI is InChI=1S/C31H38N4O5.C2HF3O2/c1-40-21-18-26(34-29(36)13-6-3-8-19-32-28-12-7-9-20-33-28)31(39)35-27(22-30(37)38)25-16-14-24(15-17-25)23-10-4-2-5-11-23;3-2(4,5)1(6)7/h2,4-5,7,9-12,14-17,20,26-27H,3,6,8,13,18-19,21-22H2,1H3,(H,32,33)(H,34,36)(H,35,39)(H,37,38);(H,6,7)/t26-,27?;/m0./s1. The van der Waals surface area contributed by atoms with Crippen LogP contribution in [0.5, 0.6) is 0 Å². The van der Waals surface area contributed by atoms with Gasteiger partial charge in [-0.25, -0.2) is 9.78 Å². The summed E-state index contributed by atoms with van der Waals surface area (Å²) in [5.41, 5.74) is 2.70. The Morgan fingerprint density at radius 2 is 1.49 bits per heavy atom. The Bertz CT molecular complexity index is 1390. The fourth-order valence-corrected chi connectivity index (χ4v) is 4.28. The molecule has 47 heavy (non-hydrogen) atoms. The number of carbonyl (C=O) groups excluding carboxylic acids is 2. The zero-order valence-corrected chi connectivity index (χ0v) is 25.8. The molecule has 0 bridgehead atoms. The van der Waals surface area contributed by atoms with Crippen LogP contribution in [-0.4, -0.2) is 71.4 Å². The van der Waals surface area contributed by atoms with Crippen molar-refractivity contribution >= 4 is 29.6 Å². The molecule has 2 atom stereocenters. The Balaban J connectivity index is 0.000000984. The number of carbonyl (C=O) groups is 4. The zero-order valence-electron chi connectivity index (χ0n) is 25.8. The van der Waals surface area contributed by atoms with Gasteiger partial charge in [-0.1, -0.05) is 67.1 Å². The van der Waals surface area contributed by atoms with E-state index < -0.39 is 36.1 Å². The van der Waals surface area contributed by atoms with Crippen molar-refractivity contribution in [2.45, 2.75) is 56.8 Å². The van der Waals surface area contributed by atoms with Crippen LogP contribution in [0.15, 0.2) is 79.0 Å².